The lowest BCUT2D eigenvalue weighted by Crippen LogP contribution is -2.17. The number of sulfone groups is 1. The summed E-state index contributed by atoms with van der Waals surface area (Å²) >= 11 is 6.03. The highest BCUT2D eigenvalue weighted by molar-refractivity contribution is 7.91. The van der Waals surface area contributed by atoms with Crippen LogP contribution >= 0.6 is 11.6 Å². The van der Waals surface area contributed by atoms with Crippen LogP contribution in [0.15, 0.2) is 18.2 Å². The van der Waals surface area contributed by atoms with Gasteiger partial charge >= 0.3 is 0 Å². The van der Waals surface area contributed by atoms with Crippen molar-refractivity contribution in [2.75, 3.05) is 12.9 Å². The van der Waals surface area contributed by atoms with Crippen molar-refractivity contribution in [2.45, 2.75) is 51.2 Å². The van der Waals surface area contributed by atoms with E-state index in [9.17, 15) is 13.2 Å². The topological polar surface area (TPSA) is 60.4 Å². The highest BCUT2D eigenvalue weighted by Crippen LogP contribution is 2.25. The van der Waals surface area contributed by atoms with Gasteiger partial charge in [-0.1, -0.05) is 24.1 Å². The van der Waals surface area contributed by atoms with Gasteiger partial charge in [0.25, 0.3) is 0 Å². The Labute approximate surface area is 144 Å². The number of methoxy groups -OCH3 is 1. The number of benzene rings is 1. The second kappa shape index (κ2) is 9.28. The zero-order valence-electron chi connectivity index (χ0n) is 14.0. The molecule has 0 fully saturated rings. The number of ether oxygens (including phenoxy) is 1. The van der Waals surface area contributed by atoms with Crippen LogP contribution in [0.25, 0.3) is 0 Å². The Morgan fingerprint density at radius 3 is 2.48 bits per heavy atom. The molecule has 130 valence electrons. The molecule has 0 aromatic heterocycles. The van der Waals surface area contributed by atoms with E-state index < -0.39 is 9.84 Å². The molecule has 0 unspecified atom stereocenters. The van der Waals surface area contributed by atoms with E-state index in [0.29, 0.717) is 30.0 Å². The van der Waals surface area contributed by atoms with Gasteiger partial charge < -0.3 is 4.74 Å². The molecule has 0 N–H and O–H groups in total. The van der Waals surface area contributed by atoms with Gasteiger partial charge in [0, 0.05) is 12.8 Å². The summed E-state index contributed by atoms with van der Waals surface area (Å²) in [6, 6.07) is 5.33. The maximum absolute atomic E-state index is 12.0. The summed E-state index contributed by atoms with van der Waals surface area (Å²) in [6.45, 7) is 3.39. The van der Waals surface area contributed by atoms with Crippen molar-refractivity contribution in [1.82, 2.24) is 0 Å². The number of hydrogen-bond donors (Lipinski definition) is 0. The average Bonchev–Trinajstić information content (AvgIpc) is 2.46. The number of unbranched alkanes of at least 4 members (excludes halogenated alkanes) is 2. The third-order valence-electron chi connectivity index (χ3n) is 3.72. The second-order valence-corrected chi connectivity index (χ2v) is 8.99. The number of carbonyl (C=O) groups is 1. The molecule has 1 aromatic rings. The van der Waals surface area contributed by atoms with Crippen molar-refractivity contribution in [3.8, 4) is 5.75 Å². The molecule has 0 aliphatic heterocycles. The van der Waals surface area contributed by atoms with Crippen molar-refractivity contribution in [1.29, 1.82) is 0 Å². The third kappa shape index (κ3) is 6.92. The highest BCUT2D eigenvalue weighted by Gasteiger charge is 2.15. The summed E-state index contributed by atoms with van der Waals surface area (Å²) in [4.78, 5) is 12.0. The fourth-order valence-electron chi connectivity index (χ4n) is 2.17. The molecular formula is C17H25ClO4S. The van der Waals surface area contributed by atoms with E-state index in [1.54, 1.807) is 33.1 Å². The minimum Gasteiger partial charge on any atom is -0.495 e. The molecule has 0 spiro atoms. The Morgan fingerprint density at radius 2 is 1.91 bits per heavy atom. The lowest BCUT2D eigenvalue weighted by molar-refractivity contribution is -0.118. The highest BCUT2D eigenvalue weighted by atomic mass is 35.5. The molecule has 1 rings (SSSR count). The van der Waals surface area contributed by atoms with Crippen LogP contribution in [-0.4, -0.2) is 32.3 Å². The van der Waals surface area contributed by atoms with Crippen molar-refractivity contribution in [3.63, 3.8) is 0 Å². The van der Waals surface area contributed by atoms with Gasteiger partial charge in [0.15, 0.2) is 9.84 Å². The van der Waals surface area contributed by atoms with E-state index >= 15 is 0 Å². The van der Waals surface area contributed by atoms with Crippen LogP contribution in [0.2, 0.25) is 5.02 Å². The first-order chi connectivity index (χ1) is 10.8. The maximum Gasteiger partial charge on any atom is 0.152 e. The first-order valence-corrected chi connectivity index (χ1v) is 9.91. The van der Waals surface area contributed by atoms with Crippen LogP contribution in [0.5, 0.6) is 5.75 Å². The SMILES string of the molecule is COc1ccc(CC(=O)CCCCCS(=O)(=O)C(C)C)cc1Cl. The molecular weight excluding hydrogens is 336 g/mol. The van der Waals surface area contributed by atoms with Gasteiger partial charge in [0.1, 0.15) is 11.5 Å². The molecule has 4 nitrogen and oxygen atoms in total. The van der Waals surface area contributed by atoms with E-state index in [0.717, 1.165) is 18.4 Å². The maximum atomic E-state index is 12.0. The van der Waals surface area contributed by atoms with E-state index in [4.69, 9.17) is 16.3 Å². The summed E-state index contributed by atoms with van der Waals surface area (Å²) < 4.78 is 28.4. The monoisotopic (exact) mass is 360 g/mol. The molecule has 0 saturated carbocycles. The Bertz CT molecular complexity index is 623. The molecule has 0 atom stereocenters. The zero-order valence-corrected chi connectivity index (χ0v) is 15.5. The van der Waals surface area contributed by atoms with E-state index in [1.165, 1.54) is 0 Å². The first-order valence-electron chi connectivity index (χ1n) is 7.82. The second-order valence-electron chi connectivity index (χ2n) is 5.91. The third-order valence-corrected chi connectivity index (χ3v) is 6.31. The van der Waals surface area contributed by atoms with E-state index in [1.807, 2.05) is 6.07 Å². The zero-order chi connectivity index (χ0) is 17.5. The summed E-state index contributed by atoms with van der Waals surface area (Å²) in [7, 11) is -1.42. The van der Waals surface area contributed by atoms with Gasteiger partial charge in [-0.3, -0.25) is 4.79 Å². The van der Waals surface area contributed by atoms with Crippen LogP contribution in [0, 0.1) is 0 Å². The molecule has 0 aliphatic rings. The number of halogens is 1. The number of carbonyl (C=O) groups excluding carboxylic acids is 1. The summed E-state index contributed by atoms with van der Waals surface area (Å²) in [6.07, 6.45) is 2.89. The standard InChI is InChI=1S/C17H25ClO4S/c1-13(2)23(20,21)10-6-4-5-7-15(19)11-14-8-9-17(22-3)16(18)12-14/h8-9,12-13H,4-7,10-11H2,1-3H3. The molecule has 1 aromatic carbocycles. The van der Waals surface area contributed by atoms with Gasteiger partial charge in [0.05, 0.1) is 23.1 Å². The minimum absolute atomic E-state index is 0.137. The number of Topliss-reactive ketones (excluding diaryl/α,β-unsaturated/α-hetero) is 1. The molecule has 0 saturated heterocycles. The van der Waals surface area contributed by atoms with Crippen LogP contribution in [-0.2, 0) is 21.1 Å². The number of hydrogen-bond acceptors (Lipinski definition) is 4. The predicted octanol–water partition coefficient (Wildman–Crippen LogP) is 3.84. The minimum atomic E-state index is -2.97. The number of rotatable bonds is 10. The van der Waals surface area contributed by atoms with E-state index in [2.05, 4.69) is 0 Å². The fourth-order valence-corrected chi connectivity index (χ4v) is 3.53. The summed E-state index contributed by atoms with van der Waals surface area (Å²) in [5, 5.41) is 0.167. The Hall–Kier alpha value is -1.07. The van der Waals surface area contributed by atoms with Gasteiger partial charge in [-0.25, -0.2) is 8.42 Å². The molecule has 0 amide bonds. The largest absolute Gasteiger partial charge is 0.495 e. The lowest BCUT2D eigenvalue weighted by Gasteiger charge is -2.07. The lowest BCUT2D eigenvalue weighted by atomic mass is 10.0. The van der Waals surface area contributed by atoms with Gasteiger partial charge in [-0.05, 0) is 44.4 Å². The quantitative estimate of drug-likeness (QED) is 0.595. The Balaban J connectivity index is 2.31. The summed E-state index contributed by atoms with van der Waals surface area (Å²) in [5.41, 5.74) is 0.864. The molecule has 0 heterocycles. The molecule has 0 bridgehead atoms. The smallest absolute Gasteiger partial charge is 0.152 e. The average molecular weight is 361 g/mol. The van der Waals surface area contributed by atoms with Gasteiger partial charge in [-0.15, -0.1) is 0 Å². The first kappa shape index (κ1) is 20.0. The Kier molecular flexibility index (Phi) is 8.06. The van der Waals surface area contributed by atoms with Crippen LogP contribution in [0.3, 0.4) is 0 Å². The summed E-state index contributed by atoms with van der Waals surface area (Å²) in [5.74, 6) is 0.930. The van der Waals surface area contributed by atoms with Crippen molar-refractivity contribution in [2.24, 2.45) is 0 Å². The normalized spacial score (nSPS) is 11.7. The molecule has 23 heavy (non-hydrogen) atoms. The number of ketones is 1. The van der Waals surface area contributed by atoms with E-state index in [-0.39, 0.29) is 16.8 Å². The van der Waals surface area contributed by atoms with Crippen molar-refractivity contribution < 1.29 is 17.9 Å². The van der Waals surface area contributed by atoms with Crippen molar-refractivity contribution >= 4 is 27.2 Å². The predicted molar refractivity (Wildman–Crippen MR) is 94.1 cm³/mol. The Morgan fingerprint density at radius 1 is 1.22 bits per heavy atom. The van der Waals surface area contributed by atoms with Crippen LogP contribution in [0.1, 0.15) is 45.1 Å². The molecule has 0 radical (unpaired) electrons. The molecule has 6 heteroatoms. The fraction of sp³-hybridized carbons (Fsp3) is 0.588. The van der Waals surface area contributed by atoms with Gasteiger partial charge in [-0.2, -0.15) is 0 Å². The molecule has 0 aliphatic carbocycles. The van der Waals surface area contributed by atoms with Crippen LogP contribution in [0.4, 0.5) is 0 Å². The van der Waals surface area contributed by atoms with Crippen molar-refractivity contribution in [3.05, 3.63) is 28.8 Å². The van der Waals surface area contributed by atoms with Crippen LogP contribution < -0.4 is 4.74 Å². The van der Waals surface area contributed by atoms with Gasteiger partial charge in [0.2, 0.25) is 0 Å².